The van der Waals surface area contributed by atoms with E-state index < -0.39 is 5.82 Å². The van der Waals surface area contributed by atoms with Crippen molar-refractivity contribution in [2.24, 2.45) is 5.73 Å². The molecule has 0 aliphatic heterocycles. The van der Waals surface area contributed by atoms with Gasteiger partial charge >= 0.3 is 0 Å². The summed E-state index contributed by atoms with van der Waals surface area (Å²) in [6, 6.07) is 3.83. The lowest BCUT2D eigenvalue weighted by Gasteiger charge is -2.12. The molecule has 0 aliphatic carbocycles. The number of nitrogens with two attached hydrogens (primary N) is 1. The van der Waals surface area contributed by atoms with Gasteiger partial charge in [-0.2, -0.15) is 0 Å². The molecule has 1 rings (SSSR count). The van der Waals surface area contributed by atoms with Crippen LogP contribution in [0.3, 0.4) is 0 Å². The Morgan fingerprint density at radius 1 is 1.67 bits per heavy atom. The zero-order chi connectivity index (χ0) is 11.4. The Balaban J connectivity index is 2.86. The first-order chi connectivity index (χ1) is 7.04. The van der Waals surface area contributed by atoms with E-state index in [2.05, 4.69) is 21.2 Å². The highest BCUT2D eigenvalue weighted by molar-refractivity contribution is 9.10. The lowest BCUT2D eigenvalue weighted by Crippen LogP contribution is -2.37. The first-order valence-electron chi connectivity index (χ1n) is 4.50. The van der Waals surface area contributed by atoms with Gasteiger partial charge in [0, 0.05) is 17.1 Å². The summed E-state index contributed by atoms with van der Waals surface area (Å²) in [5.41, 5.74) is 5.64. The Hall–Kier alpha value is -0.940. The largest absolute Gasteiger partial charge is 0.348 e. The van der Waals surface area contributed by atoms with E-state index in [1.54, 1.807) is 6.92 Å². The van der Waals surface area contributed by atoms with Crippen molar-refractivity contribution >= 4 is 21.8 Å². The lowest BCUT2D eigenvalue weighted by atomic mass is 10.2. The minimum atomic E-state index is -0.441. The fourth-order valence-corrected chi connectivity index (χ4v) is 1.46. The first kappa shape index (κ1) is 12.1. The molecule has 3 N–H and O–H groups in total. The Bertz CT molecular complexity index is 370. The van der Waals surface area contributed by atoms with E-state index in [4.69, 9.17) is 5.73 Å². The third-order valence-corrected chi connectivity index (χ3v) is 2.60. The molecule has 0 heterocycles. The van der Waals surface area contributed by atoms with Gasteiger partial charge in [0.25, 0.3) is 5.91 Å². The van der Waals surface area contributed by atoms with Crippen LogP contribution in [0.4, 0.5) is 4.39 Å². The molecule has 0 saturated carbocycles. The number of hydrogen-bond acceptors (Lipinski definition) is 2. The standard InChI is InChI=1S/C10H12BrFN2O/c1-6(5-13)14-10(15)8-4-7(12)2-3-9(8)11/h2-4,6H,5,13H2,1H3,(H,14,15). The molecule has 0 aromatic heterocycles. The normalized spacial score (nSPS) is 12.3. The summed E-state index contributed by atoms with van der Waals surface area (Å²) in [6.45, 7) is 2.13. The minimum Gasteiger partial charge on any atom is -0.348 e. The fraction of sp³-hybridized carbons (Fsp3) is 0.300. The van der Waals surface area contributed by atoms with Crippen LogP contribution in [0.2, 0.25) is 0 Å². The maximum Gasteiger partial charge on any atom is 0.252 e. The lowest BCUT2D eigenvalue weighted by molar-refractivity contribution is 0.0940. The van der Waals surface area contributed by atoms with Gasteiger partial charge in [-0.3, -0.25) is 4.79 Å². The molecule has 0 saturated heterocycles. The van der Waals surface area contributed by atoms with Gasteiger partial charge in [-0.15, -0.1) is 0 Å². The summed E-state index contributed by atoms with van der Waals surface area (Å²) in [5.74, 6) is -0.775. The van der Waals surface area contributed by atoms with Crippen molar-refractivity contribution in [2.45, 2.75) is 13.0 Å². The number of nitrogens with one attached hydrogen (secondary N) is 1. The van der Waals surface area contributed by atoms with Gasteiger partial charge in [-0.1, -0.05) is 0 Å². The zero-order valence-electron chi connectivity index (χ0n) is 8.26. The van der Waals surface area contributed by atoms with Crippen molar-refractivity contribution in [3.63, 3.8) is 0 Å². The molecule has 0 spiro atoms. The first-order valence-corrected chi connectivity index (χ1v) is 5.30. The second kappa shape index (κ2) is 5.23. The van der Waals surface area contributed by atoms with Crippen molar-refractivity contribution in [1.29, 1.82) is 0 Å². The quantitative estimate of drug-likeness (QED) is 0.881. The molecule has 0 aliphatic rings. The summed E-state index contributed by atoms with van der Waals surface area (Å²) in [5, 5.41) is 2.65. The number of benzene rings is 1. The topological polar surface area (TPSA) is 55.1 Å². The molecule has 1 amide bonds. The molecule has 5 heteroatoms. The van der Waals surface area contributed by atoms with Crippen molar-refractivity contribution in [2.75, 3.05) is 6.54 Å². The van der Waals surface area contributed by atoms with Crippen LogP contribution in [0.1, 0.15) is 17.3 Å². The number of hydrogen-bond donors (Lipinski definition) is 2. The molecule has 1 aromatic carbocycles. The van der Waals surface area contributed by atoms with Gasteiger partial charge in [0.1, 0.15) is 5.82 Å². The molecule has 82 valence electrons. The van der Waals surface area contributed by atoms with E-state index in [0.29, 0.717) is 11.0 Å². The Morgan fingerprint density at radius 3 is 2.93 bits per heavy atom. The molecule has 1 atom stereocenters. The van der Waals surface area contributed by atoms with Crippen LogP contribution in [0.25, 0.3) is 0 Å². The average molecular weight is 275 g/mol. The summed E-state index contributed by atoms with van der Waals surface area (Å²) in [6.07, 6.45) is 0. The molecule has 1 aromatic rings. The Labute approximate surface area is 96.0 Å². The van der Waals surface area contributed by atoms with E-state index in [1.165, 1.54) is 18.2 Å². The van der Waals surface area contributed by atoms with Gasteiger partial charge < -0.3 is 11.1 Å². The Kier molecular flexibility index (Phi) is 4.23. The SMILES string of the molecule is CC(CN)NC(=O)c1cc(F)ccc1Br. The summed E-state index contributed by atoms with van der Waals surface area (Å²) >= 11 is 3.18. The minimum absolute atomic E-state index is 0.132. The van der Waals surface area contributed by atoms with Gasteiger partial charge in [-0.25, -0.2) is 4.39 Å². The van der Waals surface area contributed by atoms with E-state index in [-0.39, 0.29) is 17.5 Å². The van der Waals surface area contributed by atoms with E-state index in [1.807, 2.05) is 0 Å². The van der Waals surface area contributed by atoms with Crippen LogP contribution in [0.15, 0.2) is 22.7 Å². The number of halogens is 2. The number of amides is 1. The van der Waals surface area contributed by atoms with Crippen LogP contribution in [-0.4, -0.2) is 18.5 Å². The molecule has 0 radical (unpaired) electrons. The molecule has 0 bridgehead atoms. The smallest absolute Gasteiger partial charge is 0.252 e. The van der Waals surface area contributed by atoms with E-state index >= 15 is 0 Å². The second-order valence-corrected chi connectivity index (χ2v) is 4.09. The van der Waals surface area contributed by atoms with Crippen molar-refractivity contribution in [1.82, 2.24) is 5.32 Å². The maximum atomic E-state index is 12.9. The van der Waals surface area contributed by atoms with Gasteiger partial charge in [0.2, 0.25) is 0 Å². The van der Waals surface area contributed by atoms with Gasteiger partial charge in [-0.05, 0) is 41.1 Å². The second-order valence-electron chi connectivity index (χ2n) is 3.23. The predicted molar refractivity (Wildman–Crippen MR) is 60.1 cm³/mol. The van der Waals surface area contributed by atoms with Gasteiger partial charge in [0.05, 0.1) is 5.56 Å². The van der Waals surface area contributed by atoms with Crippen LogP contribution in [0.5, 0.6) is 0 Å². The van der Waals surface area contributed by atoms with Crippen molar-refractivity contribution in [3.8, 4) is 0 Å². The van der Waals surface area contributed by atoms with Gasteiger partial charge in [0.15, 0.2) is 0 Å². The van der Waals surface area contributed by atoms with Crippen LogP contribution in [-0.2, 0) is 0 Å². The molecular weight excluding hydrogens is 263 g/mol. The maximum absolute atomic E-state index is 12.9. The summed E-state index contributed by atoms with van der Waals surface area (Å²) in [4.78, 5) is 11.6. The predicted octanol–water partition coefficient (Wildman–Crippen LogP) is 1.67. The summed E-state index contributed by atoms with van der Waals surface area (Å²) in [7, 11) is 0. The van der Waals surface area contributed by atoms with Crippen molar-refractivity contribution < 1.29 is 9.18 Å². The molecule has 1 unspecified atom stereocenters. The third-order valence-electron chi connectivity index (χ3n) is 1.90. The number of carbonyl (C=O) groups is 1. The molecule has 3 nitrogen and oxygen atoms in total. The van der Waals surface area contributed by atoms with Crippen LogP contribution >= 0.6 is 15.9 Å². The van der Waals surface area contributed by atoms with E-state index in [9.17, 15) is 9.18 Å². The Morgan fingerprint density at radius 2 is 2.33 bits per heavy atom. The highest BCUT2D eigenvalue weighted by Crippen LogP contribution is 2.17. The monoisotopic (exact) mass is 274 g/mol. The molecule has 15 heavy (non-hydrogen) atoms. The zero-order valence-corrected chi connectivity index (χ0v) is 9.84. The average Bonchev–Trinajstić information content (AvgIpc) is 2.21. The number of carbonyl (C=O) groups excluding carboxylic acids is 1. The molecule has 0 fully saturated rings. The number of rotatable bonds is 3. The van der Waals surface area contributed by atoms with Crippen LogP contribution < -0.4 is 11.1 Å². The van der Waals surface area contributed by atoms with Crippen LogP contribution in [0, 0.1) is 5.82 Å². The van der Waals surface area contributed by atoms with E-state index in [0.717, 1.165) is 0 Å². The highest BCUT2D eigenvalue weighted by Gasteiger charge is 2.12. The highest BCUT2D eigenvalue weighted by atomic mass is 79.9. The summed E-state index contributed by atoms with van der Waals surface area (Å²) < 4.78 is 13.5. The van der Waals surface area contributed by atoms with Crippen molar-refractivity contribution in [3.05, 3.63) is 34.1 Å². The molecular formula is C10H12BrFN2O. The third kappa shape index (κ3) is 3.28. The fourth-order valence-electron chi connectivity index (χ4n) is 1.03.